The first kappa shape index (κ1) is 28.2. The summed E-state index contributed by atoms with van der Waals surface area (Å²) in [5.74, 6) is 1.00. The highest BCUT2D eigenvalue weighted by Crippen LogP contribution is 2.18. The van der Waals surface area contributed by atoms with E-state index < -0.39 is 0 Å². The molecular weight excluding hydrogens is 523 g/mol. The fraction of sp³-hybridized carbons (Fsp3) is 0.731. The number of benzene rings is 1. The summed E-state index contributed by atoms with van der Waals surface area (Å²) in [5, 5.41) is 7.12. The van der Waals surface area contributed by atoms with E-state index in [1.807, 2.05) is 0 Å². The number of nitrogens with one attached hydrogen (secondary N) is 2. The molecule has 2 saturated heterocycles. The molecule has 1 aromatic rings. The predicted molar refractivity (Wildman–Crippen MR) is 153 cm³/mol. The van der Waals surface area contributed by atoms with Gasteiger partial charge in [-0.25, -0.2) is 0 Å². The first-order chi connectivity index (χ1) is 15.5. The number of hydrogen-bond acceptors (Lipinski definition) is 4. The SMILES string of the molecule is CCNC(=NCCCCN1CCN(c2cccc(C)c2)CC1)NC1CCN(C(C)C)CC1.I. The largest absolute Gasteiger partial charge is 0.369 e. The fourth-order valence-corrected chi connectivity index (χ4v) is 4.77. The molecule has 6 nitrogen and oxygen atoms in total. The molecule has 0 aliphatic carbocycles. The molecule has 0 atom stereocenters. The molecule has 0 aromatic heterocycles. The Hall–Kier alpha value is -1.06. The third-order valence-electron chi connectivity index (χ3n) is 6.84. The minimum Gasteiger partial charge on any atom is -0.369 e. The lowest BCUT2D eigenvalue weighted by Crippen LogP contribution is -2.49. The summed E-state index contributed by atoms with van der Waals surface area (Å²) in [6.07, 6.45) is 4.79. The van der Waals surface area contributed by atoms with Gasteiger partial charge in [-0.1, -0.05) is 12.1 Å². The van der Waals surface area contributed by atoms with Crippen molar-refractivity contribution in [1.82, 2.24) is 20.4 Å². The summed E-state index contributed by atoms with van der Waals surface area (Å²) < 4.78 is 0. The van der Waals surface area contributed by atoms with Crippen molar-refractivity contribution >= 4 is 35.6 Å². The summed E-state index contributed by atoms with van der Waals surface area (Å²) >= 11 is 0. The second kappa shape index (κ2) is 15.0. The van der Waals surface area contributed by atoms with E-state index in [2.05, 4.69) is 77.3 Å². The zero-order valence-corrected chi connectivity index (χ0v) is 23.7. The van der Waals surface area contributed by atoms with Crippen LogP contribution in [0.5, 0.6) is 0 Å². The number of piperidine rings is 1. The standard InChI is InChI=1S/C26H46N6.HI/c1-5-27-26(29-24-11-15-31(16-12-24)22(2)3)28-13-6-7-14-30-17-19-32(20-18-30)25-10-8-9-23(4)21-25;/h8-10,21-22,24H,5-7,11-20H2,1-4H3,(H2,27,28,29);1H. The molecule has 0 unspecified atom stereocenters. The molecule has 3 rings (SSSR count). The number of nitrogens with zero attached hydrogens (tertiary/aromatic N) is 4. The number of aryl methyl sites for hydroxylation is 1. The molecule has 2 aliphatic rings. The second-order valence-electron chi connectivity index (χ2n) is 9.68. The van der Waals surface area contributed by atoms with Gasteiger partial charge in [-0.3, -0.25) is 9.89 Å². The Bertz CT molecular complexity index is 694. The van der Waals surface area contributed by atoms with Crippen LogP contribution >= 0.6 is 24.0 Å². The van der Waals surface area contributed by atoms with E-state index in [1.54, 1.807) is 0 Å². The number of likely N-dealkylation sites (tertiary alicyclic amines) is 1. The molecule has 1 aromatic carbocycles. The van der Waals surface area contributed by atoms with Crippen LogP contribution in [0.25, 0.3) is 0 Å². The number of halogens is 1. The van der Waals surface area contributed by atoms with Gasteiger partial charge in [0.2, 0.25) is 0 Å². The summed E-state index contributed by atoms with van der Waals surface area (Å²) in [5.41, 5.74) is 2.72. The highest BCUT2D eigenvalue weighted by molar-refractivity contribution is 14.0. The highest BCUT2D eigenvalue weighted by atomic mass is 127. The first-order valence-electron chi connectivity index (χ1n) is 12.9. The lowest BCUT2D eigenvalue weighted by atomic mass is 10.0. The Morgan fingerprint density at radius 3 is 2.42 bits per heavy atom. The van der Waals surface area contributed by atoms with Crippen LogP contribution in [0.3, 0.4) is 0 Å². The van der Waals surface area contributed by atoms with Crippen molar-refractivity contribution in [3.63, 3.8) is 0 Å². The van der Waals surface area contributed by atoms with Crippen LogP contribution in [0, 0.1) is 6.92 Å². The molecule has 0 spiro atoms. The Labute approximate surface area is 219 Å². The molecule has 2 heterocycles. The Balaban J connectivity index is 0.00000385. The minimum atomic E-state index is 0. The summed E-state index contributed by atoms with van der Waals surface area (Å²) in [6.45, 7) is 18.9. The van der Waals surface area contributed by atoms with Crippen molar-refractivity contribution in [3.8, 4) is 0 Å². The number of hydrogen-bond donors (Lipinski definition) is 2. The predicted octanol–water partition coefficient (Wildman–Crippen LogP) is 3.94. The second-order valence-corrected chi connectivity index (χ2v) is 9.68. The van der Waals surface area contributed by atoms with Crippen LogP contribution in [0.2, 0.25) is 0 Å². The van der Waals surface area contributed by atoms with Crippen molar-refractivity contribution < 1.29 is 0 Å². The number of anilines is 1. The third-order valence-corrected chi connectivity index (χ3v) is 6.84. The van der Waals surface area contributed by atoms with Crippen LogP contribution in [0.1, 0.15) is 52.0 Å². The van der Waals surface area contributed by atoms with Gasteiger partial charge in [-0.15, -0.1) is 24.0 Å². The van der Waals surface area contributed by atoms with Gasteiger partial charge in [0.05, 0.1) is 0 Å². The topological polar surface area (TPSA) is 46.1 Å². The van der Waals surface area contributed by atoms with E-state index >= 15 is 0 Å². The van der Waals surface area contributed by atoms with Gasteiger partial charge in [-0.2, -0.15) is 0 Å². The highest BCUT2D eigenvalue weighted by Gasteiger charge is 2.21. The maximum absolute atomic E-state index is 4.86. The Morgan fingerprint density at radius 1 is 1.06 bits per heavy atom. The maximum Gasteiger partial charge on any atom is 0.191 e. The van der Waals surface area contributed by atoms with E-state index in [-0.39, 0.29) is 24.0 Å². The molecule has 0 saturated carbocycles. The minimum absolute atomic E-state index is 0. The monoisotopic (exact) mass is 570 g/mol. The lowest BCUT2D eigenvalue weighted by Gasteiger charge is -2.36. The number of unbranched alkanes of at least 4 members (excludes halogenated alkanes) is 1. The normalized spacial score (nSPS) is 18.9. The van der Waals surface area contributed by atoms with Crippen LogP contribution in [-0.2, 0) is 0 Å². The molecular formula is C26H47IN6. The van der Waals surface area contributed by atoms with Gasteiger partial charge in [0.25, 0.3) is 0 Å². The van der Waals surface area contributed by atoms with Crippen molar-refractivity contribution in [2.24, 2.45) is 4.99 Å². The average molecular weight is 571 g/mol. The van der Waals surface area contributed by atoms with Gasteiger partial charge in [0.1, 0.15) is 0 Å². The molecule has 0 bridgehead atoms. The molecule has 2 N–H and O–H groups in total. The number of rotatable bonds is 9. The van der Waals surface area contributed by atoms with E-state index in [9.17, 15) is 0 Å². The van der Waals surface area contributed by atoms with Gasteiger partial charge in [-0.05, 0) is 77.6 Å². The smallest absolute Gasteiger partial charge is 0.191 e. The van der Waals surface area contributed by atoms with E-state index in [1.165, 1.54) is 50.1 Å². The van der Waals surface area contributed by atoms with Crippen LogP contribution in [0.15, 0.2) is 29.3 Å². The summed E-state index contributed by atoms with van der Waals surface area (Å²) in [4.78, 5) is 12.6. The number of guanidine groups is 1. The van der Waals surface area contributed by atoms with Crippen LogP contribution < -0.4 is 15.5 Å². The quantitative estimate of drug-likeness (QED) is 0.204. The lowest BCUT2D eigenvalue weighted by molar-refractivity contribution is 0.167. The van der Waals surface area contributed by atoms with Gasteiger partial charge in [0, 0.05) is 70.1 Å². The molecule has 2 fully saturated rings. The van der Waals surface area contributed by atoms with Crippen molar-refractivity contribution in [2.75, 3.05) is 63.8 Å². The molecule has 2 aliphatic heterocycles. The molecule has 33 heavy (non-hydrogen) atoms. The van der Waals surface area contributed by atoms with E-state index in [4.69, 9.17) is 4.99 Å². The molecule has 0 amide bonds. The number of piperazine rings is 1. The van der Waals surface area contributed by atoms with Crippen LogP contribution in [-0.4, -0.2) is 86.7 Å². The van der Waals surface area contributed by atoms with E-state index in [0.29, 0.717) is 12.1 Å². The van der Waals surface area contributed by atoms with Crippen LogP contribution in [0.4, 0.5) is 5.69 Å². The summed E-state index contributed by atoms with van der Waals surface area (Å²) in [7, 11) is 0. The first-order valence-corrected chi connectivity index (χ1v) is 12.9. The molecule has 188 valence electrons. The zero-order chi connectivity index (χ0) is 22.8. The van der Waals surface area contributed by atoms with Gasteiger partial charge >= 0.3 is 0 Å². The number of aliphatic imine (C=N–C) groups is 1. The van der Waals surface area contributed by atoms with Crippen molar-refractivity contribution in [3.05, 3.63) is 29.8 Å². The molecule has 0 radical (unpaired) electrons. The maximum atomic E-state index is 4.86. The molecule has 7 heteroatoms. The average Bonchev–Trinajstić information content (AvgIpc) is 2.80. The van der Waals surface area contributed by atoms with Crippen molar-refractivity contribution in [1.29, 1.82) is 0 Å². The summed E-state index contributed by atoms with van der Waals surface area (Å²) in [6, 6.07) is 10.1. The van der Waals surface area contributed by atoms with E-state index in [0.717, 1.165) is 51.6 Å². The van der Waals surface area contributed by atoms with Gasteiger partial charge < -0.3 is 20.4 Å². The zero-order valence-electron chi connectivity index (χ0n) is 21.4. The Morgan fingerprint density at radius 2 is 1.79 bits per heavy atom. The Kier molecular flexibility index (Phi) is 12.8. The third kappa shape index (κ3) is 9.61. The van der Waals surface area contributed by atoms with Gasteiger partial charge in [0.15, 0.2) is 5.96 Å². The van der Waals surface area contributed by atoms with Crippen molar-refractivity contribution in [2.45, 2.75) is 65.5 Å². The fourth-order valence-electron chi connectivity index (χ4n) is 4.77.